The minimum atomic E-state index is -1.05. The summed E-state index contributed by atoms with van der Waals surface area (Å²) in [6.45, 7) is 0.383. The molecule has 0 fully saturated rings. The number of hydrogen-bond acceptors (Lipinski definition) is 4. The Morgan fingerprint density at radius 2 is 2.30 bits per heavy atom. The molecule has 0 saturated heterocycles. The maximum absolute atomic E-state index is 11.9. The molecule has 106 valence electrons. The van der Waals surface area contributed by atoms with Crippen LogP contribution in [0.2, 0.25) is 5.02 Å². The van der Waals surface area contributed by atoms with Crippen molar-refractivity contribution in [3.05, 3.63) is 39.1 Å². The Morgan fingerprint density at radius 1 is 1.55 bits per heavy atom. The number of carbonyl (C=O) groups is 2. The fourth-order valence-corrected chi connectivity index (χ4v) is 2.67. The zero-order valence-corrected chi connectivity index (χ0v) is 12.2. The highest BCUT2D eigenvalue weighted by Crippen LogP contribution is 2.13. The average molecular weight is 314 g/mol. The first-order valence-electron chi connectivity index (χ1n) is 5.75. The number of hydrogen-bond donors (Lipinski definition) is 2. The highest BCUT2D eigenvalue weighted by atomic mass is 35.5. The van der Waals surface area contributed by atoms with Gasteiger partial charge < -0.3 is 15.0 Å². The first kappa shape index (κ1) is 14.5. The Bertz CT molecular complexity index is 650. The molecule has 0 radical (unpaired) electrons. The van der Waals surface area contributed by atoms with Crippen LogP contribution < -0.4 is 5.32 Å². The van der Waals surface area contributed by atoms with Crippen molar-refractivity contribution < 1.29 is 14.7 Å². The molecule has 0 aliphatic carbocycles. The van der Waals surface area contributed by atoms with Gasteiger partial charge in [0.15, 0.2) is 5.69 Å². The van der Waals surface area contributed by atoms with E-state index in [0.29, 0.717) is 28.7 Å². The normalized spacial score (nSPS) is 10.5. The number of carbonyl (C=O) groups excluding carboxylic acids is 1. The first-order chi connectivity index (χ1) is 9.47. The molecule has 0 aromatic carbocycles. The van der Waals surface area contributed by atoms with Crippen LogP contribution in [0, 0.1) is 0 Å². The van der Waals surface area contributed by atoms with Gasteiger partial charge in [-0.3, -0.25) is 4.79 Å². The Kier molecular flexibility index (Phi) is 4.41. The fraction of sp³-hybridized carbons (Fsp3) is 0.250. The van der Waals surface area contributed by atoms with E-state index in [1.165, 1.54) is 16.7 Å². The standard InChI is InChI=1S/C12H12ClN3O3S/c1-16-5-7(13)4-9(16)11(17)14-3-2-10-15-8(6-20-10)12(18)19/h4-6H,2-3H2,1H3,(H,14,17)(H,18,19). The summed E-state index contributed by atoms with van der Waals surface area (Å²) in [6, 6.07) is 1.59. The lowest BCUT2D eigenvalue weighted by Crippen LogP contribution is -2.27. The van der Waals surface area contributed by atoms with E-state index in [1.54, 1.807) is 23.9 Å². The number of carboxylic acids is 1. The van der Waals surface area contributed by atoms with Gasteiger partial charge in [0.2, 0.25) is 0 Å². The quantitative estimate of drug-likeness (QED) is 0.881. The summed E-state index contributed by atoms with van der Waals surface area (Å²) in [4.78, 5) is 26.5. The van der Waals surface area contributed by atoms with Gasteiger partial charge in [-0.1, -0.05) is 11.6 Å². The molecule has 0 unspecified atom stereocenters. The van der Waals surface area contributed by atoms with E-state index in [4.69, 9.17) is 16.7 Å². The number of aromatic nitrogens is 2. The highest BCUT2D eigenvalue weighted by molar-refractivity contribution is 7.09. The van der Waals surface area contributed by atoms with Crippen molar-refractivity contribution >= 4 is 34.8 Å². The van der Waals surface area contributed by atoms with Gasteiger partial charge in [-0.2, -0.15) is 0 Å². The van der Waals surface area contributed by atoms with Crippen LogP contribution >= 0.6 is 22.9 Å². The maximum Gasteiger partial charge on any atom is 0.355 e. The number of halogens is 1. The van der Waals surface area contributed by atoms with E-state index in [1.807, 2.05) is 0 Å². The molecular formula is C12H12ClN3O3S. The summed E-state index contributed by atoms with van der Waals surface area (Å²) >= 11 is 7.07. The van der Waals surface area contributed by atoms with Crippen LogP contribution in [0.4, 0.5) is 0 Å². The van der Waals surface area contributed by atoms with Gasteiger partial charge >= 0.3 is 5.97 Å². The van der Waals surface area contributed by atoms with Crippen molar-refractivity contribution in [2.45, 2.75) is 6.42 Å². The van der Waals surface area contributed by atoms with Gasteiger partial charge in [0.05, 0.1) is 10.0 Å². The van der Waals surface area contributed by atoms with Crippen molar-refractivity contribution in [1.82, 2.24) is 14.9 Å². The Labute approximate surface area is 124 Å². The summed E-state index contributed by atoms with van der Waals surface area (Å²) in [7, 11) is 1.74. The van der Waals surface area contributed by atoms with Crippen molar-refractivity contribution in [2.24, 2.45) is 7.05 Å². The van der Waals surface area contributed by atoms with E-state index < -0.39 is 5.97 Å². The molecule has 0 spiro atoms. The van der Waals surface area contributed by atoms with Crippen LogP contribution in [0.3, 0.4) is 0 Å². The molecule has 2 rings (SSSR count). The summed E-state index contributed by atoms with van der Waals surface area (Å²) in [5, 5.41) is 14.2. The number of rotatable bonds is 5. The average Bonchev–Trinajstić information content (AvgIpc) is 2.96. The molecule has 0 aliphatic heterocycles. The number of aromatic carboxylic acids is 1. The summed E-state index contributed by atoms with van der Waals surface area (Å²) in [5.41, 5.74) is 0.505. The van der Waals surface area contributed by atoms with Gasteiger partial charge in [0, 0.05) is 31.6 Å². The number of nitrogens with one attached hydrogen (secondary N) is 1. The molecule has 2 aromatic heterocycles. The minimum absolute atomic E-state index is 0.0329. The van der Waals surface area contributed by atoms with Gasteiger partial charge in [-0.25, -0.2) is 9.78 Å². The van der Waals surface area contributed by atoms with Gasteiger partial charge in [0.1, 0.15) is 5.69 Å². The predicted octanol–water partition coefficient (Wildman–Crippen LogP) is 1.81. The lowest BCUT2D eigenvalue weighted by Gasteiger charge is -2.04. The Balaban J connectivity index is 1.87. The number of carboxylic acid groups (broad SMARTS) is 1. The van der Waals surface area contributed by atoms with Crippen molar-refractivity contribution in [3.63, 3.8) is 0 Å². The number of thiazole rings is 1. The summed E-state index contributed by atoms with van der Waals surface area (Å²) < 4.78 is 1.64. The van der Waals surface area contributed by atoms with Crippen molar-refractivity contribution in [2.75, 3.05) is 6.54 Å². The molecule has 6 nitrogen and oxygen atoms in total. The Morgan fingerprint density at radius 3 is 2.85 bits per heavy atom. The van der Waals surface area contributed by atoms with Gasteiger partial charge in [-0.15, -0.1) is 11.3 Å². The summed E-state index contributed by atoms with van der Waals surface area (Å²) in [5.74, 6) is -1.27. The molecule has 0 aliphatic rings. The molecule has 0 atom stereocenters. The smallest absolute Gasteiger partial charge is 0.355 e. The monoisotopic (exact) mass is 313 g/mol. The van der Waals surface area contributed by atoms with Crippen LogP contribution in [0.15, 0.2) is 17.6 Å². The highest BCUT2D eigenvalue weighted by Gasteiger charge is 2.12. The second kappa shape index (κ2) is 6.06. The first-order valence-corrected chi connectivity index (χ1v) is 7.01. The third-order valence-electron chi connectivity index (χ3n) is 2.60. The largest absolute Gasteiger partial charge is 0.476 e. The van der Waals surface area contributed by atoms with E-state index >= 15 is 0 Å². The molecule has 1 amide bonds. The maximum atomic E-state index is 11.9. The van der Waals surface area contributed by atoms with Gasteiger partial charge in [0.25, 0.3) is 5.91 Å². The fourth-order valence-electron chi connectivity index (χ4n) is 1.65. The van der Waals surface area contributed by atoms with E-state index in [0.717, 1.165) is 0 Å². The lowest BCUT2D eigenvalue weighted by molar-refractivity contribution is 0.0690. The molecule has 0 bridgehead atoms. The lowest BCUT2D eigenvalue weighted by atomic mass is 10.3. The number of nitrogens with zero attached hydrogens (tertiary/aromatic N) is 2. The molecule has 2 heterocycles. The molecule has 0 saturated carbocycles. The van der Waals surface area contributed by atoms with Crippen molar-refractivity contribution in [3.8, 4) is 0 Å². The van der Waals surface area contributed by atoms with Crippen LogP contribution in [-0.2, 0) is 13.5 Å². The van der Waals surface area contributed by atoms with Crippen LogP contribution in [-0.4, -0.2) is 33.1 Å². The van der Waals surface area contributed by atoms with E-state index in [-0.39, 0.29) is 11.6 Å². The third-order valence-corrected chi connectivity index (χ3v) is 3.71. The Hall–Kier alpha value is -1.86. The number of amides is 1. The molecule has 2 aromatic rings. The molecule has 8 heteroatoms. The molecule has 20 heavy (non-hydrogen) atoms. The zero-order chi connectivity index (χ0) is 14.7. The molecular weight excluding hydrogens is 302 g/mol. The predicted molar refractivity (Wildman–Crippen MR) is 75.5 cm³/mol. The van der Waals surface area contributed by atoms with Crippen LogP contribution in [0.25, 0.3) is 0 Å². The topological polar surface area (TPSA) is 84.2 Å². The van der Waals surface area contributed by atoms with E-state index in [2.05, 4.69) is 10.3 Å². The second-order valence-corrected chi connectivity index (χ2v) is 5.47. The van der Waals surface area contributed by atoms with Gasteiger partial charge in [-0.05, 0) is 6.07 Å². The second-order valence-electron chi connectivity index (χ2n) is 4.09. The third kappa shape index (κ3) is 3.37. The SMILES string of the molecule is Cn1cc(Cl)cc1C(=O)NCCc1nc(C(=O)O)cs1. The number of aryl methyl sites for hydroxylation is 1. The molecule has 2 N–H and O–H groups in total. The van der Waals surface area contributed by atoms with Crippen LogP contribution in [0.1, 0.15) is 26.0 Å². The summed E-state index contributed by atoms with van der Waals surface area (Å²) in [6.07, 6.45) is 2.14. The van der Waals surface area contributed by atoms with Crippen LogP contribution in [0.5, 0.6) is 0 Å². The minimum Gasteiger partial charge on any atom is -0.476 e. The van der Waals surface area contributed by atoms with E-state index in [9.17, 15) is 9.59 Å². The van der Waals surface area contributed by atoms with Crippen molar-refractivity contribution in [1.29, 1.82) is 0 Å². The zero-order valence-electron chi connectivity index (χ0n) is 10.6.